The zero-order valence-electron chi connectivity index (χ0n) is 11.7. The van der Waals surface area contributed by atoms with Gasteiger partial charge in [-0.15, -0.1) is 5.10 Å². The Bertz CT molecular complexity index is 459. The number of rotatable bonds is 2. The lowest BCUT2D eigenvalue weighted by molar-refractivity contribution is -0.0689. The number of ether oxygens (including phenoxy) is 1. The lowest BCUT2D eigenvalue weighted by Gasteiger charge is -2.27. The fourth-order valence-electron chi connectivity index (χ4n) is 2.47. The number of aromatic nitrogens is 2. The third-order valence-electron chi connectivity index (χ3n) is 3.19. The summed E-state index contributed by atoms with van der Waals surface area (Å²) in [5.41, 5.74) is -0.614. The molecule has 1 aromatic rings. The SMILES string of the molecule is CC1(C)C[C@H](NC(=O)Nc2cccnn2)C(C)(C)O1. The minimum atomic E-state index is -0.386. The lowest BCUT2D eigenvalue weighted by atomic mass is 9.95. The summed E-state index contributed by atoms with van der Waals surface area (Å²) in [4.78, 5) is 11.9. The van der Waals surface area contributed by atoms with Gasteiger partial charge in [0.05, 0.1) is 17.2 Å². The van der Waals surface area contributed by atoms with Gasteiger partial charge < -0.3 is 10.1 Å². The molecule has 2 rings (SSSR count). The van der Waals surface area contributed by atoms with Gasteiger partial charge >= 0.3 is 6.03 Å². The average molecular weight is 264 g/mol. The fourth-order valence-corrected chi connectivity index (χ4v) is 2.47. The number of hydrogen-bond acceptors (Lipinski definition) is 4. The van der Waals surface area contributed by atoms with Gasteiger partial charge in [-0.1, -0.05) is 0 Å². The van der Waals surface area contributed by atoms with Gasteiger partial charge in [-0.25, -0.2) is 4.79 Å². The van der Waals surface area contributed by atoms with E-state index in [-0.39, 0.29) is 23.3 Å². The summed E-state index contributed by atoms with van der Waals surface area (Å²) in [6.45, 7) is 8.01. The molecule has 1 atom stereocenters. The van der Waals surface area contributed by atoms with Crippen molar-refractivity contribution in [2.75, 3.05) is 5.32 Å². The van der Waals surface area contributed by atoms with Crippen molar-refractivity contribution in [2.24, 2.45) is 0 Å². The molecule has 1 aliphatic rings. The summed E-state index contributed by atoms with van der Waals surface area (Å²) in [5, 5.41) is 13.1. The standard InChI is InChI=1S/C13H20N4O2/c1-12(2)8-9(13(3,4)19-12)15-11(18)16-10-6-5-7-14-17-10/h5-7,9H,8H2,1-4H3,(H2,15,16,17,18)/t9-/m0/s1. The second-order valence-corrected chi connectivity index (χ2v) is 5.93. The zero-order chi connectivity index (χ0) is 14.1. The highest BCUT2D eigenvalue weighted by molar-refractivity contribution is 5.88. The first-order chi connectivity index (χ1) is 8.78. The molecule has 0 saturated carbocycles. The van der Waals surface area contributed by atoms with Gasteiger partial charge in [-0.2, -0.15) is 5.10 Å². The van der Waals surface area contributed by atoms with Crippen LogP contribution in [0.2, 0.25) is 0 Å². The highest BCUT2D eigenvalue weighted by Gasteiger charge is 2.46. The van der Waals surface area contributed by atoms with Crippen LogP contribution in [0.3, 0.4) is 0 Å². The minimum Gasteiger partial charge on any atom is -0.367 e. The van der Waals surface area contributed by atoms with Crippen LogP contribution in [0.5, 0.6) is 0 Å². The maximum absolute atomic E-state index is 11.9. The van der Waals surface area contributed by atoms with Crippen LogP contribution in [0.15, 0.2) is 18.3 Å². The number of amides is 2. The molecule has 1 aliphatic heterocycles. The highest BCUT2D eigenvalue weighted by Crippen LogP contribution is 2.37. The van der Waals surface area contributed by atoms with Gasteiger partial charge in [0.1, 0.15) is 0 Å². The first-order valence-corrected chi connectivity index (χ1v) is 6.34. The van der Waals surface area contributed by atoms with E-state index in [2.05, 4.69) is 20.8 Å². The Labute approximate surface area is 112 Å². The third-order valence-corrected chi connectivity index (χ3v) is 3.19. The molecule has 6 nitrogen and oxygen atoms in total. The van der Waals surface area contributed by atoms with Crippen LogP contribution in [0.1, 0.15) is 34.1 Å². The van der Waals surface area contributed by atoms with Gasteiger partial charge in [-0.05, 0) is 46.2 Å². The molecule has 19 heavy (non-hydrogen) atoms. The van der Waals surface area contributed by atoms with Crippen molar-refractivity contribution in [3.05, 3.63) is 18.3 Å². The zero-order valence-corrected chi connectivity index (χ0v) is 11.7. The third kappa shape index (κ3) is 3.41. The first kappa shape index (κ1) is 13.7. The van der Waals surface area contributed by atoms with Crippen molar-refractivity contribution in [1.82, 2.24) is 15.5 Å². The molecule has 1 fully saturated rings. The Kier molecular flexibility index (Phi) is 3.45. The van der Waals surface area contributed by atoms with Crippen molar-refractivity contribution in [3.63, 3.8) is 0 Å². The summed E-state index contributed by atoms with van der Waals surface area (Å²) >= 11 is 0. The molecule has 0 bridgehead atoms. The summed E-state index contributed by atoms with van der Waals surface area (Å²) < 4.78 is 5.93. The average Bonchev–Trinajstić information content (AvgIpc) is 2.47. The molecule has 6 heteroatoms. The van der Waals surface area contributed by atoms with Crippen molar-refractivity contribution < 1.29 is 9.53 Å². The summed E-state index contributed by atoms with van der Waals surface area (Å²) in [6, 6.07) is 3.07. The Hall–Kier alpha value is -1.69. The number of anilines is 1. The summed E-state index contributed by atoms with van der Waals surface area (Å²) in [6.07, 6.45) is 2.33. The molecular weight excluding hydrogens is 244 g/mol. The second kappa shape index (κ2) is 4.77. The van der Waals surface area contributed by atoms with Crippen LogP contribution < -0.4 is 10.6 Å². The van der Waals surface area contributed by atoms with E-state index in [9.17, 15) is 4.79 Å². The van der Waals surface area contributed by atoms with Crippen LogP contribution in [0.25, 0.3) is 0 Å². The van der Waals surface area contributed by atoms with E-state index in [0.717, 1.165) is 6.42 Å². The molecular formula is C13H20N4O2. The molecule has 0 aliphatic carbocycles. The van der Waals surface area contributed by atoms with E-state index in [4.69, 9.17) is 4.74 Å². The number of hydrogen-bond donors (Lipinski definition) is 2. The molecule has 104 valence electrons. The predicted molar refractivity (Wildman–Crippen MR) is 71.8 cm³/mol. The summed E-state index contributed by atoms with van der Waals surface area (Å²) in [7, 11) is 0. The molecule has 2 amide bonds. The molecule has 0 radical (unpaired) electrons. The van der Waals surface area contributed by atoms with E-state index in [1.54, 1.807) is 18.3 Å². The smallest absolute Gasteiger partial charge is 0.320 e. The maximum Gasteiger partial charge on any atom is 0.320 e. The van der Waals surface area contributed by atoms with E-state index >= 15 is 0 Å². The predicted octanol–water partition coefficient (Wildman–Crippen LogP) is 1.94. The number of urea groups is 1. The van der Waals surface area contributed by atoms with Crippen molar-refractivity contribution >= 4 is 11.8 Å². The molecule has 0 aromatic carbocycles. The van der Waals surface area contributed by atoms with Crippen molar-refractivity contribution in [2.45, 2.75) is 51.4 Å². The quantitative estimate of drug-likeness (QED) is 0.856. The number of nitrogens with one attached hydrogen (secondary N) is 2. The monoisotopic (exact) mass is 264 g/mol. The Morgan fingerprint density at radius 2 is 2.16 bits per heavy atom. The number of nitrogens with zero attached hydrogens (tertiary/aromatic N) is 2. The van der Waals surface area contributed by atoms with Crippen molar-refractivity contribution in [1.29, 1.82) is 0 Å². The van der Waals surface area contributed by atoms with Gasteiger partial charge in [0.15, 0.2) is 5.82 Å². The Balaban J connectivity index is 1.96. The second-order valence-electron chi connectivity index (χ2n) is 5.93. The largest absolute Gasteiger partial charge is 0.367 e. The fraction of sp³-hybridized carbons (Fsp3) is 0.615. The Morgan fingerprint density at radius 3 is 2.68 bits per heavy atom. The molecule has 0 unspecified atom stereocenters. The molecule has 1 aromatic heterocycles. The molecule has 1 saturated heterocycles. The van der Waals surface area contributed by atoms with Gasteiger partial charge in [-0.3, -0.25) is 5.32 Å². The molecule has 2 heterocycles. The lowest BCUT2D eigenvalue weighted by Crippen LogP contribution is -2.47. The molecule has 2 N–H and O–H groups in total. The number of carbonyl (C=O) groups excluding carboxylic acids is 1. The number of carbonyl (C=O) groups is 1. The first-order valence-electron chi connectivity index (χ1n) is 6.34. The van der Waals surface area contributed by atoms with Gasteiger partial charge in [0.2, 0.25) is 0 Å². The summed E-state index contributed by atoms with van der Waals surface area (Å²) in [5.74, 6) is 0.427. The van der Waals surface area contributed by atoms with Crippen LogP contribution in [-0.4, -0.2) is 33.5 Å². The highest BCUT2D eigenvalue weighted by atomic mass is 16.5. The van der Waals surface area contributed by atoms with E-state index in [0.29, 0.717) is 5.82 Å². The molecule has 0 spiro atoms. The Morgan fingerprint density at radius 1 is 1.42 bits per heavy atom. The minimum absolute atomic E-state index is 0.0424. The van der Waals surface area contributed by atoms with Crippen molar-refractivity contribution in [3.8, 4) is 0 Å². The van der Waals surface area contributed by atoms with Crippen LogP contribution in [-0.2, 0) is 4.74 Å². The van der Waals surface area contributed by atoms with Crippen LogP contribution in [0.4, 0.5) is 10.6 Å². The van der Waals surface area contributed by atoms with E-state index < -0.39 is 0 Å². The van der Waals surface area contributed by atoms with E-state index in [1.165, 1.54) is 0 Å². The topological polar surface area (TPSA) is 76.1 Å². The van der Waals surface area contributed by atoms with Crippen LogP contribution >= 0.6 is 0 Å². The van der Waals surface area contributed by atoms with E-state index in [1.807, 2.05) is 27.7 Å². The normalized spacial score (nSPS) is 23.9. The maximum atomic E-state index is 11.9. The van der Waals surface area contributed by atoms with Gasteiger partial charge in [0.25, 0.3) is 0 Å². The van der Waals surface area contributed by atoms with Gasteiger partial charge in [0, 0.05) is 6.20 Å². The van der Waals surface area contributed by atoms with Crippen LogP contribution in [0, 0.1) is 0 Å².